The quantitative estimate of drug-likeness (QED) is 0.535. The van der Waals surface area contributed by atoms with Crippen molar-refractivity contribution in [2.75, 3.05) is 12.3 Å². The molecular weight excluding hydrogens is 428 g/mol. The third kappa shape index (κ3) is 5.03. The number of aromatic nitrogens is 1. The lowest BCUT2D eigenvalue weighted by atomic mass is 9.93. The lowest BCUT2D eigenvalue weighted by Crippen LogP contribution is -2.52. The summed E-state index contributed by atoms with van der Waals surface area (Å²) < 4.78 is 26.8. The number of nitrogens with one attached hydrogen (secondary N) is 3. The molecule has 2 aromatic rings. The number of pyridine rings is 1. The van der Waals surface area contributed by atoms with E-state index in [0.29, 0.717) is 24.3 Å². The van der Waals surface area contributed by atoms with Crippen LogP contribution in [0.3, 0.4) is 0 Å². The van der Waals surface area contributed by atoms with Crippen molar-refractivity contribution in [2.24, 2.45) is 0 Å². The fourth-order valence-corrected chi connectivity index (χ4v) is 4.38. The van der Waals surface area contributed by atoms with E-state index in [1.165, 1.54) is 18.2 Å². The number of nitrogens with zero attached hydrogens (tertiary/aromatic N) is 1. The second-order valence-electron chi connectivity index (χ2n) is 8.41. The number of aryl methyl sites for hydroxylation is 1. The van der Waals surface area contributed by atoms with E-state index >= 15 is 0 Å². The summed E-state index contributed by atoms with van der Waals surface area (Å²) in [6, 6.07) is 5.97. The lowest BCUT2D eigenvalue weighted by Gasteiger charge is -2.25. The van der Waals surface area contributed by atoms with E-state index in [9.17, 15) is 18.4 Å². The summed E-state index contributed by atoms with van der Waals surface area (Å²) in [4.78, 5) is 29.8. The monoisotopic (exact) mass is 455 g/mol. The van der Waals surface area contributed by atoms with Gasteiger partial charge in [-0.2, -0.15) is 0 Å². The first kappa shape index (κ1) is 22.8. The molecule has 0 radical (unpaired) electrons. The number of carbonyl (C=O) groups excluding carboxylic acids is 2. The van der Waals surface area contributed by atoms with E-state index in [0.717, 1.165) is 29.7 Å². The first-order valence-corrected chi connectivity index (χ1v) is 11.0. The molecule has 0 saturated carbocycles. The third-order valence-electron chi connectivity index (χ3n) is 6.11. The van der Waals surface area contributed by atoms with Crippen molar-refractivity contribution >= 4 is 23.2 Å². The van der Waals surface area contributed by atoms with Gasteiger partial charge >= 0.3 is 0 Å². The van der Waals surface area contributed by atoms with E-state index in [1.54, 1.807) is 19.1 Å². The van der Waals surface area contributed by atoms with Crippen molar-refractivity contribution in [1.29, 1.82) is 0 Å². The summed E-state index contributed by atoms with van der Waals surface area (Å²) in [7, 11) is 0. The van der Waals surface area contributed by atoms with Gasteiger partial charge in [-0.1, -0.05) is 18.2 Å². The number of amides is 2. The Balaban J connectivity index is 1.40. The molecule has 3 atom stereocenters. The van der Waals surface area contributed by atoms with Crippen molar-refractivity contribution < 1.29 is 18.4 Å². The molecule has 0 unspecified atom stereocenters. The van der Waals surface area contributed by atoms with Gasteiger partial charge in [-0.05, 0) is 66.6 Å². The summed E-state index contributed by atoms with van der Waals surface area (Å²) >= 11 is 0. The number of fused-ring (bicyclic) bond motifs is 1. The van der Waals surface area contributed by atoms with Crippen LogP contribution in [0.4, 0.5) is 14.6 Å². The Kier molecular flexibility index (Phi) is 6.69. The van der Waals surface area contributed by atoms with Gasteiger partial charge in [0.1, 0.15) is 30.4 Å². The molecule has 33 heavy (non-hydrogen) atoms. The molecule has 7 nitrogen and oxygen atoms in total. The van der Waals surface area contributed by atoms with Gasteiger partial charge in [0.05, 0.1) is 6.04 Å². The van der Waals surface area contributed by atoms with Gasteiger partial charge in [0.2, 0.25) is 11.8 Å². The van der Waals surface area contributed by atoms with E-state index in [1.807, 2.05) is 6.07 Å². The van der Waals surface area contributed by atoms with Crippen LogP contribution in [0.5, 0.6) is 0 Å². The van der Waals surface area contributed by atoms with Gasteiger partial charge in [-0.3, -0.25) is 9.59 Å². The van der Waals surface area contributed by atoms with Gasteiger partial charge in [0, 0.05) is 12.2 Å². The molecular formula is C24H27F2N5O2. The topological polar surface area (TPSA) is 109 Å². The minimum absolute atomic E-state index is 0.170. The van der Waals surface area contributed by atoms with E-state index in [2.05, 4.69) is 20.9 Å². The first-order chi connectivity index (χ1) is 15.9. The maximum absolute atomic E-state index is 13.5. The van der Waals surface area contributed by atoms with Gasteiger partial charge in [-0.15, -0.1) is 0 Å². The minimum Gasteiger partial charge on any atom is -0.384 e. The van der Waals surface area contributed by atoms with Crippen LogP contribution >= 0.6 is 0 Å². The van der Waals surface area contributed by atoms with Crippen molar-refractivity contribution in [1.82, 2.24) is 20.9 Å². The molecule has 1 aliphatic heterocycles. The molecule has 9 heteroatoms. The van der Waals surface area contributed by atoms with Crippen LogP contribution < -0.4 is 21.7 Å². The van der Waals surface area contributed by atoms with E-state index in [4.69, 9.17) is 5.73 Å². The molecule has 4 rings (SSSR count). The van der Waals surface area contributed by atoms with E-state index < -0.39 is 24.6 Å². The van der Waals surface area contributed by atoms with Gasteiger partial charge in [0.15, 0.2) is 0 Å². The predicted octanol–water partition coefficient (Wildman–Crippen LogP) is 2.33. The lowest BCUT2D eigenvalue weighted by molar-refractivity contribution is -0.129. The predicted molar refractivity (Wildman–Crippen MR) is 121 cm³/mol. The number of rotatable bonds is 6. The minimum atomic E-state index is -0.793. The number of carbonyl (C=O) groups is 2. The normalized spacial score (nSPS) is 20.5. The molecule has 0 fully saturated rings. The summed E-state index contributed by atoms with van der Waals surface area (Å²) in [5.41, 5.74) is 9.18. The number of alkyl halides is 1. The maximum Gasteiger partial charge on any atom is 0.242 e. The van der Waals surface area contributed by atoms with Gasteiger partial charge in [0.25, 0.3) is 0 Å². The molecule has 1 aliphatic carbocycles. The molecule has 5 N–H and O–H groups in total. The highest BCUT2D eigenvalue weighted by atomic mass is 19.1. The fourth-order valence-electron chi connectivity index (χ4n) is 4.38. The van der Waals surface area contributed by atoms with Crippen molar-refractivity contribution in [3.63, 3.8) is 0 Å². The number of benzene rings is 1. The highest BCUT2D eigenvalue weighted by molar-refractivity contribution is 5.92. The van der Waals surface area contributed by atoms with Crippen molar-refractivity contribution in [3.8, 4) is 0 Å². The first-order valence-electron chi connectivity index (χ1n) is 11.0. The zero-order valence-corrected chi connectivity index (χ0v) is 18.3. The smallest absolute Gasteiger partial charge is 0.242 e. The van der Waals surface area contributed by atoms with Crippen LogP contribution in [-0.2, 0) is 22.7 Å². The molecule has 174 valence electrons. The molecule has 1 aromatic heterocycles. The molecule has 0 bridgehead atoms. The molecule has 1 aromatic carbocycles. The zero-order chi connectivity index (χ0) is 23.5. The number of anilines is 1. The van der Waals surface area contributed by atoms with Gasteiger partial charge < -0.3 is 21.7 Å². The summed E-state index contributed by atoms with van der Waals surface area (Å²) in [5, 5.41) is 8.80. The fraction of sp³-hybridized carbons (Fsp3) is 0.375. The Morgan fingerprint density at radius 1 is 1.27 bits per heavy atom. The third-order valence-corrected chi connectivity index (χ3v) is 6.11. The van der Waals surface area contributed by atoms with Crippen LogP contribution in [0.15, 0.2) is 36.4 Å². The molecule has 0 spiro atoms. The van der Waals surface area contributed by atoms with Gasteiger partial charge in [-0.25, -0.2) is 13.8 Å². The number of nitrogens with two attached hydrogens (primary N) is 1. The Bertz CT molecular complexity index is 1100. The van der Waals surface area contributed by atoms with Crippen LogP contribution in [-0.4, -0.2) is 35.4 Å². The number of nitrogen functional groups attached to an aromatic ring is 1. The molecule has 2 aliphatic rings. The van der Waals surface area contributed by atoms with Crippen LogP contribution in [0.25, 0.3) is 5.57 Å². The average molecular weight is 456 g/mol. The zero-order valence-electron chi connectivity index (χ0n) is 18.3. The van der Waals surface area contributed by atoms with Crippen LogP contribution in [0.1, 0.15) is 48.2 Å². The summed E-state index contributed by atoms with van der Waals surface area (Å²) in [5.74, 6) is -0.705. The largest absolute Gasteiger partial charge is 0.384 e. The molecule has 0 saturated heterocycles. The Morgan fingerprint density at radius 2 is 2.09 bits per heavy atom. The standard InChI is InChI=1S/C24H27F2N5O2/c1-13(23(32)31-20-6-5-19-18(20)4-7-22(27)30-19)29-24(33)21-11-14(8-9-28-21)17-3-2-16(26)10-15(17)12-25/h2-4,7,10-11,13,20-21,28H,5-6,8-9,12H2,1H3,(H2,27,30)(H,29,33)(H,31,32)/t13-,20+,21+/m0/s1. The second-order valence-corrected chi connectivity index (χ2v) is 8.41. The number of halogens is 2. The Morgan fingerprint density at radius 3 is 2.88 bits per heavy atom. The molecule has 2 amide bonds. The number of hydrogen-bond donors (Lipinski definition) is 4. The van der Waals surface area contributed by atoms with Crippen LogP contribution in [0, 0.1) is 5.82 Å². The van der Waals surface area contributed by atoms with Crippen molar-refractivity contribution in [3.05, 3.63) is 64.6 Å². The second kappa shape index (κ2) is 9.66. The van der Waals surface area contributed by atoms with Crippen LogP contribution in [0.2, 0.25) is 0 Å². The summed E-state index contributed by atoms with van der Waals surface area (Å²) in [6.45, 7) is 1.33. The SMILES string of the molecule is C[C@H](NC(=O)[C@H]1C=C(c2ccc(F)cc2CF)CCN1)C(=O)N[C@@H]1CCc2nc(N)ccc21. The summed E-state index contributed by atoms with van der Waals surface area (Å²) in [6.07, 6.45) is 3.75. The molecule has 2 heterocycles. The highest BCUT2D eigenvalue weighted by Crippen LogP contribution is 2.30. The Hall–Kier alpha value is -3.33. The Labute approximate surface area is 190 Å². The number of hydrogen-bond acceptors (Lipinski definition) is 5. The van der Waals surface area contributed by atoms with Crippen molar-refractivity contribution in [2.45, 2.75) is 51.0 Å². The average Bonchev–Trinajstić information content (AvgIpc) is 3.20. The highest BCUT2D eigenvalue weighted by Gasteiger charge is 2.29. The van der Waals surface area contributed by atoms with E-state index in [-0.39, 0.29) is 23.4 Å². The maximum atomic E-state index is 13.5.